The topological polar surface area (TPSA) is 61.8 Å². The van der Waals surface area contributed by atoms with Crippen LogP contribution >= 0.6 is 0 Å². The third-order valence-electron chi connectivity index (χ3n) is 5.33. The van der Waals surface area contributed by atoms with E-state index in [1.54, 1.807) is 29.8 Å². The van der Waals surface area contributed by atoms with Gasteiger partial charge in [-0.25, -0.2) is 9.18 Å². The maximum atomic E-state index is 14.3. The number of hydrogen-bond acceptors (Lipinski definition) is 3. The van der Waals surface area contributed by atoms with Crippen molar-refractivity contribution >= 4 is 11.0 Å². The van der Waals surface area contributed by atoms with Gasteiger partial charge in [-0.15, -0.1) is 0 Å². The highest BCUT2D eigenvalue weighted by molar-refractivity contribution is 5.77. The minimum atomic E-state index is -0.453. The molecule has 0 aliphatic carbocycles. The standard InChI is InChI=1S/C23H23FN4O2/c1-3-28-21-20(16(2)25-28)27(15-18-11-7-8-12-19(18)24)23(30)26(22(21)29)14-13-17-9-5-4-6-10-17/h4-12H,3,13-15H2,1-2H3. The van der Waals surface area contributed by atoms with Gasteiger partial charge in [-0.05, 0) is 31.9 Å². The van der Waals surface area contributed by atoms with Crippen molar-refractivity contribution in [1.29, 1.82) is 0 Å². The zero-order chi connectivity index (χ0) is 21.3. The van der Waals surface area contributed by atoms with Gasteiger partial charge in [0.05, 0.1) is 17.8 Å². The summed E-state index contributed by atoms with van der Waals surface area (Å²) < 4.78 is 18.6. The first-order valence-electron chi connectivity index (χ1n) is 9.99. The third kappa shape index (κ3) is 3.47. The summed E-state index contributed by atoms with van der Waals surface area (Å²) in [5.74, 6) is -0.389. The predicted octanol–water partition coefficient (Wildman–Crippen LogP) is 3.12. The molecule has 0 saturated heterocycles. The van der Waals surface area contributed by atoms with Crippen LogP contribution in [0, 0.1) is 12.7 Å². The molecule has 7 heteroatoms. The van der Waals surface area contributed by atoms with Gasteiger partial charge in [0.15, 0.2) is 5.52 Å². The zero-order valence-electron chi connectivity index (χ0n) is 17.0. The quantitative estimate of drug-likeness (QED) is 0.494. The molecule has 154 valence electrons. The van der Waals surface area contributed by atoms with Gasteiger partial charge in [-0.3, -0.25) is 18.6 Å². The van der Waals surface area contributed by atoms with E-state index in [-0.39, 0.29) is 24.5 Å². The lowest BCUT2D eigenvalue weighted by molar-refractivity contribution is 0.565. The lowest BCUT2D eigenvalue weighted by Crippen LogP contribution is -2.41. The summed E-state index contributed by atoms with van der Waals surface area (Å²) in [6.07, 6.45) is 0.542. The van der Waals surface area contributed by atoms with Crippen LogP contribution in [0.3, 0.4) is 0 Å². The average Bonchev–Trinajstić information content (AvgIpc) is 3.09. The molecule has 0 aliphatic heterocycles. The summed E-state index contributed by atoms with van der Waals surface area (Å²) in [6, 6.07) is 16.0. The average molecular weight is 406 g/mol. The van der Waals surface area contributed by atoms with Gasteiger partial charge >= 0.3 is 5.69 Å². The molecule has 4 rings (SSSR count). The molecule has 2 aromatic heterocycles. The largest absolute Gasteiger partial charge is 0.331 e. The SMILES string of the molecule is CCn1nc(C)c2c1c(=O)n(CCc1ccccc1)c(=O)n2Cc1ccccc1F. The van der Waals surface area contributed by atoms with Gasteiger partial charge in [-0.2, -0.15) is 5.10 Å². The Hall–Kier alpha value is -3.48. The molecule has 30 heavy (non-hydrogen) atoms. The van der Waals surface area contributed by atoms with Gasteiger partial charge in [0.2, 0.25) is 0 Å². The minimum Gasteiger partial charge on any atom is -0.285 e. The van der Waals surface area contributed by atoms with Crippen LogP contribution in [0.4, 0.5) is 4.39 Å². The Morgan fingerprint density at radius 3 is 2.33 bits per heavy atom. The van der Waals surface area contributed by atoms with Gasteiger partial charge in [0.1, 0.15) is 5.82 Å². The van der Waals surface area contributed by atoms with Crippen LogP contribution in [0.2, 0.25) is 0 Å². The molecule has 0 atom stereocenters. The fourth-order valence-electron chi connectivity index (χ4n) is 3.82. The van der Waals surface area contributed by atoms with E-state index in [1.807, 2.05) is 37.3 Å². The first-order chi connectivity index (χ1) is 14.5. The van der Waals surface area contributed by atoms with E-state index in [0.717, 1.165) is 5.56 Å². The number of benzene rings is 2. The van der Waals surface area contributed by atoms with Crippen molar-refractivity contribution in [2.45, 2.75) is 39.9 Å². The van der Waals surface area contributed by atoms with Crippen LogP contribution in [-0.2, 0) is 26.1 Å². The second kappa shape index (κ2) is 8.10. The predicted molar refractivity (Wildman–Crippen MR) is 114 cm³/mol. The highest BCUT2D eigenvalue weighted by Crippen LogP contribution is 2.16. The first kappa shape index (κ1) is 19.8. The molecule has 0 amide bonds. The minimum absolute atomic E-state index is 0.0316. The monoisotopic (exact) mass is 406 g/mol. The number of rotatable bonds is 6. The molecule has 0 saturated carbocycles. The highest BCUT2D eigenvalue weighted by atomic mass is 19.1. The molecule has 6 nitrogen and oxygen atoms in total. The van der Waals surface area contributed by atoms with Gasteiger partial charge < -0.3 is 0 Å². The zero-order valence-corrected chi connectivity index (χ0v) is 17.0. The summed E-state index contributed by atoms with van der Waals surface area (Å²) in [5.41, 5.74) is 2.02. The summed E-state index contributed by atoms with van der Waals surface area (Å²) in [5, 5.41) is 4.44. The molecule has 0 aliphatic rings. The van der Waals surface area contributed by atoms with Crippen LogP contribution in [0.15, 0.2) is 64.2 Å². The van der Waals surface area contributed by atoms with Gasteiger partial charge in [-0.1, -0.05) is 48.5 Å². The van der Waals surface area contributed by atoms with E-state index in [1.165, 1.54) is 15.2 Å². The fourth-order valence-corrected chi connectivity index (χ4v) is 3.82. The Morgan fingerprint density at radius 1 is 0.933 bits per heavy atom. The summed E-state index contributed by atoms with van der Waals surface area (Å²) in [7, 11) is 0. The number of aryl methyl sites for hydroxylation is 3. The van der Waals surface area contributed by atoms with Crippen LogP contribution in [0.25, 0.3) is 11.0 Å². The van der Waals surface area contributed by atoms with Gasteiger partial charge in [0, 0.05) is 18.7 Å². The van der Waals surface area contributed by atoms with Crippen molar-refractivity contribution in [2.75, 3.05) is 0 Å². The van der Waals surface area contributed by atoms with Crippen molar-refractivity contribution in [1.82, 2.24) is 18.9 Å². The van der Waals surface area contributed by atoms with E-state index in [2.05, 4.69) is 5.10 Å². The Bertz CT molecular complexity index is 1320. The lowest BCUT2D eigenvalue weighted by atomic mass is 10.1. The smallest absolute Gasteiger partial charge is 0.285 e. The molecule has 0 fully saturated rings. The van der Waals surface area contributed by atoms with Crippen molar-refractivity contribution in [3.8, 4) is 0 Å². The van der Waals surface area contributed by atoms with E-state index < -0.39 is 5.69 Å². The van der Waals surface area contributed by atoms with Crippen LogP contribution < -0.4 is 11.2 Å². The molecular formula is C23H23FN4O2. The Morgan fingerprint density at radius 2 is 1.63 bits per heavy atom. The van der Waals surface area contributed by atoms with E-state index >= 15 is 0 Å². The number of hydrogen-bond donors (Lipinski definition) is 0. The van der Waals surface area contributed by atoms with E-state index in [9.17, 15) is 14.0 Å². The van der Waals surface area contributed by atoms with E-state index in [4.69, 9.17) is 0 Å². The first-order valence-corrected chi connectivity index (χ1v) is 9.99. The van der Waals surface area contributed by atoms with Crippen molar-refractivity contribution in [2.24, 2.45) is 0 Å². The maximum absolute atomic E-state index is 14.3. The summed E-state index contributed by atoms with van der Waals surface area (Å²) in [6.45, 7) is 4.42. The molecule has 4 aromatic rings. The Kier molecular flexibility index (Phi) is 5.35. The fraction of sp³-hybridized carbons (Fsp3) is 0.261. The molecule has 2 heterocycles. The highest BCUT2D eigenvalue weighted by Gasteiger charge is 2.20. The van der Waals surface area contributed by atoms with Crippen molar-refractivity contribution < 1.29 is 4.39 Å². The number of fused-ring (bicyclic) bond motifs is 1. The summed E-state index contributed by atoms with van der Waals surface area (Å²) in [4.78, 5) is 26.6. The van der Waals surface area contributed by atoms with Crippen molar-refractivity contribution in [3.63, 3.8) is 0 Å². The lowest BCUT2D eigenvalue weighted by Gasteiger charge is -2.14. The van der Waals surface area contributed by atoms with Gasteiger partial charge in [0.25, 0.3) is 5.56 Å². The third-order valence-corrected chi connectivity index (χ3v) is 5.33. The molecule has 0 N–H and O–H groups in total. The van der Waals surface area contributed by atoms with Crippen LogP contribution in [0.5, 0.6) is 0 Å². The maximum Gasteiger partial charge on any atom is 0.331 e. The normalized spacial score (nSPS) is 11.3. The molecule has 2 aromatic carbocycles. The van der Waals surface area contributed by atoms with Crippen LogP contribution in [-0.4, -0.2) is 18.9 Å². The van der Waals surface area contributed by atoms with Crippen molar-refractivity contribution in [3.05, 3.63) is 98.1 Å². The number of nitrogens with zero attached hydrogens (tertiary/aromatic N) is 4. The second-order valence-corrected chi connectivity index (χ2v) is 7.25. The molecular weight excluding hydrogens is 383 g/mol. The Balaban J connectivity index is 1.90. The second-order valence-electron chi connectivity index (χ2n) is 7.25. The van der Waals surface area contributed by atoms with E-state index in [0.29, 0.717) is 35.3 Å². The molecule has 0 unspecified atom stereocenters. The molecule has 0 bridgehead atoms. The number of aromatic nitrogens is 4. The molecule has 0 spiro atoms. The van der Waals surface area contributed by atoms with Crippen LogP contribution in [0.1, 0.15) is 23.7 Å². The summed E-state index contributed by atoms with van der Waals surface area (Å²) >= 11 is 0. The Labute approximate surface area is 172 Å². The number of halogens is 1. The molecule has 0 radical (unpaired) electrons.